The molecule has 74 heavy (non-hydrogen) atoms. The van der Waals surface area contributed by atoms with Gasteiger partial charge < -0.3 is 16.0 Å². The molecule has 3 amide bonds. The van der Waals surface area contributed by atoms with Gasteiger partial charge >= 0.3 is 0 Å². The molecule has 3 N–H and O–H groups in total. The van der Waals surface area contributed by atoms with Crippen molar-refractivity contribution in [3.05, 3.63) is 228 Å². The number of hydrogen-bond donors (Lipinski definition) is 3. The van der Waals surface area contributed by atoms with E-state index in [2.05, 4.69) is 144 Å². The third-order valence-electron chi connectivity index (χ3n) is 13.8. The quantitative estimate of drug-likeness (QED) is 0.0210. The van der Waals surface area contributed by atoms with Crippen LogP contribution in [0.5, 0.6) is 0 Å². The summed E-state index contributed by atoms with van der Waals surface area (Å²) in [5, 5.41) is 9.53. The van der Waals surface area contributed by atoms with Gasteiger partial charge in [0.15, 0.2) is 0 Å². The molecule has 0 aromatic heterocycles. The van der Waals surface area contributed by atoms with Crippen LogP contribution in [0.3, 0.4) is 0 Å². The van der Waals surface area contributed by atoms with Gasteiger partial charge in [-0.2, -0.15) is 0 Å². The lowest BCUT2D eigenvalue weighted by atomic mass is 9.84. The summed E-state index contributed by atoms with van der Waals surface area (Å²) in [6, 6.07) is 62.0. The fourth-order valence-corrected chi connectivity index (χ4v) is 12.6. The van der Waals surface area contributed by atoms with E-state index >= 15 is 0 Å². The zero-order chi connectivity index (χ0) is 51.8. The summed E-state index contributed by atoms with van der Waals surface area (Å²) in [5.41, 5.74) is 6.69. The van der Waals surface area contributed by atoms with Crippen LogP contribution < -0.4 is 16.0 Å². The van der Waals surface area contributed by atoms with Gasteiger partial charge in [0.25, 0.3) is 0 Å². The molecule has 390 valence electrons. The first-order chi connectivity index (χ1) is 36.5. The standard InChI is InChI=1S/C66H81N3O3S2/c1-2-3-4-5-6-7-8-9-10-11-12-13-14-15-34-50-62(70)67-51-36-35-49-61(69-63(71)54-74-66(58-43-28-19-29-44-58,59-45-30-20-31-46-59)60-47-32-21-33-48-60)64(72)68-52-53-73-65(55-37-22-16-23-38-55,56-39-24-17-25-40-56)57-41-26-18-27-42-57/h9-10,16-33,37-48,61H,2-8,11-15,34-36,49-54H2,1H3,(H,67,70)(H,68,72)(H,69,71). The van der Waals surface area contributed by atoms with Crippen molar-refractivity contribution in [3.8, 4) is 0 Å². The van der Waals surface area contributed by atoms with Gasteiger partial charge in [-0.1, -0.05) is 252 Å². The summed E-state index contributed by atoms with van der Waals surface area (Å²) in [5.74, 6) is 0.412. The van der Waals surface area contributed by atoms with Crippen LogP contribution in [-0.4, -0.2) is 48.4 Å². The molecule has 0 aliphatic rings. The molecule has 6 aromatic carbocycles. The number of amides is 3. The highest BCUT2D eigenvalue weighted by atomic mass is 32.2. The lowest BCUT2D eigenvalue weighted by Gasteiger charge is -2.35. The summed E-state index contributed by atoms with van der Waals surface area (Å²) in [7, 11) is 0. The first-order valence-corrected chi connectivity index (χ1v) is 29.5. The van der Waals surface area contributed by atoms with Crippen LogP contribution >= 0.6 is 23.5 Å². The molecule has 0 aliphatic heterocycles. The Morgan fingerprint density at radius 1 is 0.432 bits per heavy atom. The monoisotopic (exact) mass is 1030 g/mol. The van der Waals surface area contributed by atoms with Crippen molar-refractivity contribution in [2.24, 2.45) is 0 Å². The maximum absolute atomic E-state index is 14.4. The molecule has 1 atom stereocenters. The number of hydrogen-bond acceptors (Lipinski definition) is 5. The molecule has 0 radical (unpaired) electrons. The first kappa shape index (κ1) is 57.4. The first-order valence-electron chi connectivity index (χ1n) is 27.6. The highest BCUT2D eigenvalue weighted by Gasteiger charge is 2.39. The van der Waals surface area contributed by atoms with Crippen molar-refractivity contribution in [1.29, 1.82) is 0 Å². The van der Waals surface area contributed by atoms with E-state index in [0.29, 0.717) is 44.5 Å². The minimum Gasteiger partial charge on any atom is -0.356 e. The molecule has 0 spiro atoms. The van der Waals surface area contributed by atoms with E-state index in [0.717, 1.165) is 59.1 Å². The van der Waals surface area contributed by atoms with Gasteiger partial charge in [-0.15, -0.1) is 23.5 Å². The van der Waals surface area contributed by atoms with E-state index in [1.165, 1.54) is 57.8 Å². The Bertz CT molecular complexity index is 2300. The van der Waals surface area contributed by atoms with E-state index in [-0.39, 0.29) is 23.5 Å². The normalized spacial score (nSPS) is 12.1. The molecule has 0 aliphatic carbocycles. The van der Waals surface area contributed by atoms with Crippen LogP contribution in [0.25, 0.3) is 0 Å². The van der Waals surface area contributed by atoms with Crippen molar-refractivity contribution >= 4 is 41.2 Å². The number of carbonyl (C=O) groups is 3. The molecular formula is C66H81N3O3S2. The fourth-order valence-electron chi connectivity index (χ4n) is 9.86. The second-order valence-electron chi connectivity index (χ2n) is 19.3. The van der Waals surface area contributed by atoms with Gasteiger partial charge in [0.2, 0.25) is 17.7 Å². The molecule has 1 unspecified atom stereocenters. The van der Waals surface area contributed by atoms with Crippen molar-refractivity contribution < 1.29 is 14.4 Å². The summed E-state index contributed by atoms with van der Waals surface area (Å²) in [6.07, 6.45) is 23.0. The number of unbranched alkanes of at least 4 members (excludes halogenated alkanes) is 12. The average Bonchev–Trinajstić information content (AvgIpc) is 3.45. The van der Waals surface area contributed by atoms with Crippen LogP contribution in [-0.2, 0) is 23.9 Å². The molecule has 0 fully saturated rings. The van der Waals surface area contributed by atoms with Crippen LogP contribution in [0.15, 0.2) is 194 Å². The molecule has 8 heteroatoms. The number of benzene rings is 6. The molecular weight excluding hydrogens is 947 g/mol. The van der Waals surface area contributed by atoms with Crippen molar-refractivity contribution in [2.45, 2.75) is 132 Å². The van der Waals surface area contributed by atoms with E-state index in [1.807, 2.05) is 72.8 Å². The van der Waals surface area contributed by atoms with Crippen molar-refractivity contribution in [1.82, 2.24) is 16.0 Å². The molecule has 0 saturated heterocycles. The molecule has 6 aromatic rings. The zero-order valence-corrected chi connectivity index (χ0v) is 45.6. The minimum absolute atomic E-state index is 0.0797. The van der Waals surface area contributed by atoms with Crippen molar-refractivity contribution in [2.75, 3.05) is 24.6 Å². The maximum Gasteiger partial charge on any atom is 0.242 e. The Kier molecular flexibility index (Phi) is 25.7. The highest BCUT2D eigenvalue weighted by molar-refractivity contribution is 8.01. The Labute approximate surface area is 452 Å². The fraction of sp³-hybridized carbons (Fsp3) is 0.379. The van der Waals surface area contributed by atoms with Gasteiger partial charge in [-0.25, -0.2) is 0 Å². The SMILES string of the molecule is CCCCCCCCC=CCCCCCCCC(=O)NCCCCC(NC(=O)CSC(c1ccccc1)(c1ccccc1)c1ccccc1)C(=O)NCCSC(c1ccccc1)(c1ccccc1)c1ccccc1. The van der Waals surface area contributed by atoms with Crippen LogP contribution in [0.4, 0.5) is 0 Å². The van der Waals surface area contributed by atoms with Gasteiger partial charge in [0.1, 0.15) is 6.04 Å². The highest BCUT2D eigenvalue weighted by Crippen LogP contribution is 2.49. The summed E-state index contributed by atoms with van der Waals surface area (Å²) >= 11 is 3.36. The topological polar surface area (TPSA) is 87.3 Å². The van der Waals surface area contributed by atoms with Gasteiger partial charge in [0.05, 0.1) is 15.2 Å². The molecule has 6 nitrogen and oxygen atoms in total. The second-order valence-corrected chi connectivity index (χ2v) is 21.8. The van der Waals surface area contributed by atoms with E-state index in [1.54, 1.807) is 23.5 Å². The molecule has 0 bridgehead atoms. The third kappa shape index (κ3) is 17.9. The lowest BCUT2D eigenvalue weighted by molar-refractivity contribution is -0.128. The van der Waals surface area contributed by atoms with Gasteiger partial charge in [-0.3, -0.25) is 14.4 Å². The smallest absolute Gasteiger partial charge is 0.242 e. The lowest BCUT2D eigenvalue weighted by Crippen LogP contribution is -2.48. The number of nitrogens with one attached hydrogen (secondary N) is 3. The predicted octanol–water partition coefficient (Wildman–Crippen LogP) is 15.4. The zero-order valence-electron chi connectivity index (χ0n) is 43.9. The Hall–Kier alpha value is -5.83. The van der Waals surface area contributed by atoms with Crippen LogP contribution in [0.2, 0.25) is 0 Å². The van der Waals surface area contributed by atoms with Crippen molar-refractivity contribution in [3.63, 3.8) is 0 Å². The van der Waals surface area contributed by atoms with E-state index in [9.17, 15) is 14.4 Å². The van der Waals surface area contributed by atoms with Crippen LogP contribution in [0.1, 0.15) is 149 Å². The third-order valence-corrected chi connectivity index (χ3v) is 16.9. The molecule has 6 rings (SSSR count). The molecule has 0 heterocycles. The van der Waals surface area contributed by atoms with Crippen LogP contribution in [0, 0.1) is 0 Å². The Balaban J connectivity index is 1.05. The van der Waals surface area contributed by atoms with E-state index < -0.39 is 15.5 Å². The number of rotatable bonds is 35. The van der Waals surface area contributed by atoms with Gasteiger partial charge in [0, 0.05) is 25.3 Å². The summed E-state index contributed by atoms with van der Waals surface area (Å²) < 4.78 is -1.20. The average molecular weight is 1030 g/mol. The summed E-state index contributed by atoms with van der Waals surface area (Å²) in [6.45, 7) is 3.21. The number of thioether (sulfide) groups is 2. The van der Waals surface area contributed by atoms with Gasteiger partial charge in [-0.05, 0) is 84.7 Å². The maximum atomic E-state index is 14.4. The minimum atomic E-state index is -0.749. The summed E-state index contributed by atoms with van der Waals surface area (Å²) in [4.78, 5) is 41.5. The number of carbonyl (C=O) groups excluding carboxylic acids is 3. The number of allylic oxidation sites excluding steroid dienone is 2. The Morgan fingerprint density at radius 3 is 1.26 bits per heavy atom. The van der Waals surface area contributed by atoms with E-state index in [4.69, 9.17) is 0 Å². The second kappa shape index (κ2) is 33.2. The molecule has 0 saturated carbocycles. The Morgan fingerprint density at radius 2 is 0.824 bits per heavy atom. The predicted molar refractivity (Wildman–Crippen MR) is 315 cm³/mol. The largest absolute Gasteiger partial charge is 0.356 e.